The second-order valence-electron chi connectivity index (χ2n) is 10.8. The Kier molecular flexibility index (Phi) is 9.45. The van der Waals surface area contributed by atoms with Crippen LogP contribution in [0, 0.1) is 11.8 Å². The van der Waals surface area contributed by atoms with Crippen molar-refractivity contribution in [1.29, 1.82) is 0 Å². The second kappa shape index (κ2) is 11.8. The number of nitrogens with zero attached hydrogens (tertiary/aromatic N) is 1. The zero-order valence-electron chi connectivity index (χ0n) is 23.2. The fraction of sp³-hybridized carbons (Fsp3) is 0.481. The van der Waals surface area contributed by atoms with Gasteiger partial charge < -0.3 is 40.8 Å². The zero-order chi connectivity index (χ0) is 29.7. The van der Waals surface area contributed by atoms with Crippen LogP contribution in [0.5, 0.6) is 5.75 Å². The molecule has 1 amide bonds. The Bertz CT molecular complexity index is 1350. The maximum atomic E-state index is 14.0. The van der Waals surface area contributed by atoms with Crippen LogP contribution in [0.2, 0.25) is 0 Å². The van der Waals surface area contributed by atoms with Crippen molar-refractivity contribution in [2.45, 2.75) is 43.4 Å². The Morgan fingerprint density at radius 1 is 1.15 bits per heavy atom. The average molecular weight is 582 g/mol. The number of carboxylic acid groups (broad SMARTS) is 1. The number of carboxylic acids is 1. The van der Waals surface area contributed by atoms with Crippen molar-refractivity contribution >= 4 is 29.2 Å². The summed E-state index contributed by atoms with van der Waals surface area (Å²) in [5.41, 5.74) is -5.96. The molecule has 0 unspecified atom stereocenters. The third kappa shape index (κ3) is 5.20. The SMILES string of the molecule is CN(C)[C@@H]1C(=O)C(C(=O)NCNCCCC(=O)[O-])=C(O)[C@@]2(O)C(=O)C3=C(O)c4c(O)cccc4[C@@](C)(O)[C@H]3C[C@@H]12.[Na+]. The third-order valence-corrected chi connectivity index (χ3v) is 8.11. The van der Waals surface area contributed by atoms with E-state index in [1.54, 1.807) is 0 Å². The van der Waals surface area contributed by atoms with Crippen LogP contribution in [0.1, 0.15) is 37.3 Å². The number of phenols is 1. The van der Waals surface area contributed by atoms with Crippen molar-refractivity contribution in [3.63, 3.8) is 0 Å². The molecule has 0 heterocycles. The van der Waals surface area contributed by atoms with E-state index in [2.05, 4.69) is 10.6 Å². The first kappa shape index (κ1) is 32.7. The number of nitrogens with one attached hydrogen (secondary N) is 2. The fourth-order valence-electron chi connectivity index (χ4n) is 6.16. The standard InChI is InChI=1S/C27H33N3O10.Na/c1-26(39)12-6-4-7-15(31)17(12)21(34)18-13(26)10-14-20(30(2)3)22(35)19(24(37)27(14,40)23(18)36)25(38)29-11-28-9-5-8-16(32)33;/h4,6-7,13-14,20,28,31,34,37,39-40H,5,8-11H2,1-3H3,(H,29,38)(H,32,33);/q;+1/p-1/t13-,14-,20-,26+,27-;/m0./s1. The quantitative estimate of drug-likeness (QED) is 0.0667. The summed E-state index contributed by atoms with van der Waals surface area (Å²) >= 11 is 0. The van der Waals surface area contributed by atoms with Gasteiger partial charge in [-0.2, -0.15) is 0 Å². The zero-order valence-corrected chi connectivity index (χ0v) is 25.2. The summed E-state index contributed by atoms with van der Waals surface area (Å²) in [4.78, 5) is 52.5. The predicted octanol–water partition coefficient (Wildman–Crippen LogP) is -4.66. The number of aliphatic hydroxyl groups excluding tert-OH is 2. The maximum Gasteiger partial charge on any atom is 1.00 e. The number of carbonyl (C=O) groups excluding carboxylic acids is 4. The number of aliphatic hydroxyl groups is 4. The predicted molar refractivity (Wildman–Crippen MR) is 136 cm³/mol. The van der Waals surface area contributed by atoms with E-state index in [-0.39, 0.29) is 73.2 Å². The monoisotopic (exact) mass is 581 g/mol. The van der Waals surface area contributed by atoms with Gasteiger partial charge in [0, 0.05) is 23.4 Å². The molecule has 1 aromatic rings. The molecule has 216 valence electrons. The molecule has 5 atom stereocenters. The Morgan fingerprint density at radius 2 is 1.80 bits per heavy atom. The van der Waals surface area contributed by atoms with Crippen molar-refractivity contribution < 1.29 is 79.4 Å². The molecular weight excluding hydrogens is 549 g/mol. The number of benzene rings is 1. The van der Waals surface area contributed by atoms with E-state index in [9.17, 15) is 49.8 Å². The number of aliphatic carboxylic acids is 1. The molecule has 0 spiro atoms. The van der Waals surface area contributed by atoms with Crippen LogP contribution >= 0.6 is 0 Å². The second-order valence-corrected chi connectivity index (χ2v) is 10.8. The van der Waals surface area contributed by atoms with Crippen LogP contribution in [-0.4, -0.2) is 92.8 Å². The summed E-state index contributed by atoms with van der Waals surface area (Å²) in [6.07, 6.45) is -0.228. The summed E-state index contributed by atoms with van der Waals surface area (Å²) in [6, 6.07) is 2.93. The van der Waals surface area contributed by atoms with Gasteiger partial charge in [-0.25, -0.2) is 0 Å². The van der Waals surface area contributed by atoms with Gasteiger partial charge in [-0.3, -0.25) is 24.6 Å². The number of phenolic OH excluding ortho intramolecular Hbond substituents is 1. The molecule has 0 radical (unpaired) electrons. The molecule has 0 aromatic heterocycles. The van der Waals surface area contributed by atoms with Crippen molar-refractivity contribution in [2.75, 3.05) is 27.3 Å². The van der Waals surface area contributed by atoms with Crippen LogP contribution in [0.4, 0.5) is 0 Å². The number of amides is 1. The van der Waals surface area contributed by atoms with Crippen molar-refractivity contribution in [3.8, 4) is 5.75 Å². The molecule has 7 N–H and O–H groups in total. The number of carbonyl (C=O) groups is 4. The van der Waals surface area contributed by atoms with E-state index < -0.39 is 80.9 Å². The minimum atomic E-state index is -2.81. The van der Waals surface area contributed by atoms with Crippen LogP contribution < -0.4 is 45.3 Å². The van der Waals surface area contributed by atoms with Gasteiger partial charge in [-0.1, -0.05) is 12.1 Å². The molecule has 13 nitrogen and oxygen atoms in total. The molecule has 3 aliphatic rings. The molecule has 14 heteroatoms. The van der Waals surface area contributed by atoms with Gasteiger partial charge in [0.1, 0.15) is 22.8 Å². The number of aromatic hydroxyl groups is 1. The smallest absolute Gasteiger partial charge is 0.550 e. The summed E-state index contributed by atoms with van der Waals surface area (Å²) in [5.74, 6) is -9.09. The number of likely N-dealkylation sites (N-methyl/N-ethyl adjacent to an activating group) is 1. The summed E-state index contributed by atoms with van der Waals surface area (Å²) in [6.45, 7) is 1.37. The first-order valence-corrected chi connectivity index (χ1v) is 12.8. The van der Waals surface area contributed by atoms with E-state index >= 15 is 0 Å². The van der Waals surface area contributed by atoms with Crippen molar-refractivity contribution in [3.05, 3.63) is 46.2 Å². The molecule has 1 fully saturated rings. The molecule has 3 aliphatic carbocycles. The van der Waals surface area contributed by atoms with Crippen LogP contribution in [-0.2, 0) is 24.8 Å². The topological polar surface area (TPSA) is 220 Å². The summed E-state index contributed by atoms with van der Waals surface area (Å²) in [5, 5.41) is 71.8. The molecule has 1 saturated carbocycles. The van der Waals surface area contributed by atoms with Gasteiger partial charge in [0.15, 0.2) is 11.4 Å². The van der Waals surface area contributed by atoms with Gasteiger partial charge >= 0.3 is 29.6 Å². The van der Waals surface area contributed by atoms with E-state index in [1.807, 2.05) is 0 Å². The third-order valence-electron chi connectivity index (χ3n) is 8.11. The molecule has 1 aromatic carbocycles. The van der Waals surface area contributed by atoms with Gasteiger partial charge in [-0.15, -0.1) is 0 Å². The number of hydrogen-bond acceptors (Lipinski definition) is 12. The summed E-state index contributed by atoms with van der Waals surface area (Å²) in [7, 11) is 3.00. The van der Waals surface area contributed by atoms with E-state index in [0.29, 0.717) is 0 Å². The Hall–Kier alpha value is -2.78. The Morgan fingerprint density at radius 3 is 2.41 bits per heavy atom. The molecule has 0 bridgehead atoms. The number of ketones is 2. The Balaban J connectivity index is 0.00000462. The summed E-state index contributed by atoms with van der Waals surface area (Å²) < 4.78 is 0. The van der Waals surface area contributed by atoms with E-state index in [4.69, 9.17) is 0 Å². The van der Waals surface area contributed by atoms with Crippen molar-refractivity contribution in [2.24, 2.45) is 11.8 Å². The van der Waals surface area contributed by atoms with Gasteiger partial charge in [0.2, 0.25) is 5.78 Å². The average Bonchev–Trinajstić information content (AvgIpc) is 2.86. The first-order chi connectivity index (χ1) is 18.7. The van der Waals surface area contributed by atoms with Crippen LogP contribution in [0.3, 0.4) is 0 Å². The molecule has 41 heavy (non-hydrogen) atoms. The first-order valence-electron chi connectivity index (χ1n) is 12.8. The number of Topliss-reactive ketones (excluding diaryl/α,β-unsaturated/α-hetero) is 2. The van der Waals surface area contributed by atoms with E-state index in [1.165, 1.54) is 44.1 Å². The van der Waals surface area contributed by atoms with Gasteiger partial charge in [0.05, 0.1) is 23.9 Å². The van der Waals surface area contributed by atoms with Crippen LogP contribution in [0.25, 0.3) is 5.76 Å². The normalized spacial score (nSPS) is 29.0. The molecular formula is C27H32N3NaO10. The number of rotatable bonds is 8. The molecule has 0 saturated heterocycles. The minimum Gasteiger partial charge on any atom is -0.550 e. The number of fused-ring (bicyclic) bond motifs is 3. The molecule has 4 rings (SSSR count). The fourth-order valence-corrected chi connectivity index (χ4v) is 6.16. The Labute approximate surface area is 257 Å². The minimum absolute atomic E-state index is 0. The van der Waals surface area contributed by atoms with Gasteiger partial charge in [-0.05, 0) is 58.5 Å². The van der Waals surface area contributed by atoms with Crippen molar-refractivity contribution in [1.82, 2.24) is 15.5 Å². The molecule has 0 aliphatic heterocycles. The van der Waals surface area contributed by atoms with E-state index in [0.717, 1.165) is 0 Å². The number of hydrogen-bond donors (Lipinski definition) is 7. The van der Waals surface area contributed by atoms with Gasteiger partial charge in [0.25, 0.3) is 5.91 Å². The largest absolute Gasteiger partial charge is 1.00 e. The maximum absolute atomic E-state index is 14.0. The van der Waals surface area contributed by atoms with Crippen LogP contribution in [0.15, 0.2) is 35.1 Å².